The van der Waals surface area contributed by atoms with Crippen molar-refractivity contribution in [1.29, 1.82) is 0 Å². The van der Waals surface area contributed by atoms with Gasteiger partial charge in [0.25, 0.3) is 5.56 Å². The Kier molecular flexibility index (Phi) is 4.31. The maximum Gasteiger partial charge on any atom is 0.285 e. The van der Waals surface area contributed by atoms with Gasteiger partial charge in [-0.3, -0.25) is 4.79 Å². The number of halogens is 1. The van der Waals surface area contributed by atoms with Gasteiger partial charge in [-0.1, -0.05) is 11.6 Å². The lowest BCUT2D eigenvalue weighted by Crippen LogP contribution is -2.14. The van der Waals surface area contributed by atoms with E-state index < -0.39 is 15.4 Å². The Bertz CT molecular complexity index is 512. The van der Waals surface area contributed by atoms with E-state index in [0.717, 1.165) is 0 Å². The second-order valence-electron chi connectivity index (χ2n) is 3.34. The molecule has 0 saturated carbocycles. The van der Waals surface area contributed by atoms with E-state index in [1.807, 2.05) is 0 Å². The molecule has 0 aliphatic carbocycles. The second kappa shape index (κ2) is 5.31. The minimum Gasteiger partial charge on any atom is -0.382 e. The second-order valence-corrected chi connectivity index (χ2v) is 5.97. The molecule has 0 amide bonds. The van der Waals surface area contributed by atoms with E-state index in [2.05, 4.69) is 15.5 Å². The molecule has 0 aliphatic heterocycles. The molecule has 1 heterocycles. The molecule has 0 unspecified atom stereocenters. The number of nitrogens with zero attached hydrogens (tertiary/aromatic N) is 1. The fourth-order valence-electron chi connectivity index (χ4n) is 1.06. The molecule has 8 heteroatoms. The summed E-state index contributed by atoms with van der Waals surface area (Å²) in [5, 5.41) is 8.62. The van der Waals surface area contributed by atoms with Crippen LogP contribution in [-0.4, -0.2) is 37.2 Å². The van der Waals surface area contributed by atoms with Crippen molar-refractivity contribution in [3.05, 3.63) is 21.6 Å². The monoisotopic (exact) mass is 265 g/mol. The molecule has 0 aromatic carbocycles. The molecule has 6 nitrogen and oxygen atoms in total. The molecule has 0 saturated heterocycles. The number of hydrogen-bond donors (Lipinski definition) is 2. The summed E-state index contributed by atoms with van der Waals surface area (Å²) < 4.78 is 21.7. The molecule has 0 fully saturated rings. The molecule has 0 aliphatic rings. The first-order valence-electron chi connectivity index (χ1n) is 4.55. The van der Waals surface area contributed by atoms with Crippen LogP contribution in [-0.2, 0) is 9.84 Å². The first kappa shape index (κ1) is 13.0. The summed E-state index contributed by atoms with van der Waals surface area (Å²) in [5.74, 6) is 0.0915. The van der Waals surface area contributed by atoms with E-state index in [9.17, 15) is 13.2 Å². The fraction of sp³-hybridized carbons (Fsp3) is 0.500. The van der Waals surface area contributed by atoms with Crippen LogP contribution < -0.4 is 10.9 Å². The predicted molar refractivity (Wildman–Crippen MR) is 62.7 cm³/mol. The van der Waals surface area contributed by atoms with E-state index >= 15 is 0 Å². The van der Waals surface area contributed by atoms with E-state index in [-0.39, 0.29) is 10.8 Å². The number of sulfone groups is 1. The Morgan fingerprint density at radius 3 is 2.88 bits per heavy atom. The zero-order valence-corrected chi connectivity index (χ0v) is 10.2. The van der Waals surface area contributed by atoms with E-state index in [1.165, 1.54) is 12.5 Å². The van der Waals surface area contributed by atoms with Crippen molar-refractivity contribution in [1.82, 2.24) is 10.2 Å². The van der Waals surface area contributed by atoms with Crippen LogP contribution in [0.5, 0.6) is 0 Å². The lowest BCUT2D eigenvalue weighted by Gasteiger charge is -2.05. The van der Waals surface area contributed by atoms with Gasteiger partial charge in [0, 0.05) is 12.8 Å². The van der Waals surface area contributed by atoms with Gasteiger partial charge in [-0.25, -0.2) is 13.5 Å². The van der Waals surface area contributed by atoms with Crippen LogP contribution in [0.2, 0.25) is 5.02 Å². The zero-order valence-electron chi connectivity index (χ0n) is 8.66. The van der Waals surface area contributed by atoms with Crippen molar-refractivity contribution in [3.63, 3.8) is 0 Å². The standard InChI is InChI=1S/C8H12ClN3O3S/c1-16(14,15)4-2-3-10-6-5-11-12-8(13)7(6)9/h5H,2-4H2,1H3,(H2,10,12,13). The van der Waals surface area contributed by atoms with Gasteiger partial charge in [-0.15, -0.1) is 0 Å². The van der Waals surface area contributed by atoms with Crippen molar-refractivity contribution in [3.8, 4) is 0 Å². The van der Waals surface area contributed by atoms with Crippen molar-refractivity contribution in [2.24, 2.45) is 0 Å². The van der Waals surface area contributed by atoms with Crippen LogP contribution in [0.15, 0.2) is 11.0 Å². The number of H-pyrrole nitrogens is 1. The van der Waals surface area contributed by atoms with Gasteiger partial charge in [0.2, 0.25) is 0 Å². The van der Waals surface area contributed by atoms with E-state index in [4.69, 9.17) is 11.6 Å². The number of hydrogen-bond acceptors (Lipinski definition) is 5. The molecule has 0 spiro atoms. The third kappa shape index (κ3) is 4.19. The Labute approximate surface area is 97.9 Å². The van der Waals surface area contributed by atoms with E-state index in [1.54, 1.807) is 0 Å². The van der Waals surface area contributed by atoms with Crippen LogP contribution in [0.25, 0.3) is 0 Å². The third-order valence-corrected chi connectivity index (χ3v) is 3.21. The minimum atomic E-state index is -2.95. The summed E-state index contributed by atoms with van der Waals surface area (Å²) in [6.45, 7) is 0.415. The fourth-order valence-corrected chi connectivity index (χ4v) is 1.89. The van der Waals surface area contributed by atoms with Crippen LogP contribution in [0.1, 0.15) is 6.42 Å². The molecule has 1 aromatic rings. The average molecular weight is 266 g/mol. The number of anilines is 1. The molecular weight excluding hydrogens is 254 g/mol. The summed E-state index contributed by atoms with van der Waals surface area (Å²) in [4.78, 5) is 11.0. The maximum atomic E-state index is 11.0. The van der Waals surface area contributed by atoms with Gasteiger partial charge in [-0.2, -0.15) is 5.10 Å². The highest BCUT2D eigenvalue weighted by atomic mass is 35.5. The Morgan fingerprint density at radius 2 is 2.25 bits per heavy atom. The molecule has 0 radical (unpaired) electrons. The topological polar surface area (TPSA) is 91.9 Å². The smallest absolute Gasteiger partial charge is 0.285 e. The summed E-state index contributed by atoms with van der Waals surface area (Å²) in [6.07, 6.45) is 3.00. The molecule has 1 rings (SSSR count). The molecule has 2 N–H and O–H groups in total. The van der Waals surface area contributed by atoms with Gasteiger partial charge in [0.1, 0.15) is 14.9 Å². The predicted octanol–water partition coefficient (Wildman–Crippen LogP) is 0.270. The number of aromatic amines is 1. The van der Waals surface area contributed by atoms with Gasteiger partial charge >= 0.3 is 0 Å². The molecule has 16 heavy (non-hydrogen) atoms. The summed E-state index contributed by atoms with van der Waals surface area (Å²) in [7, 11) is -2.95. The van der Waals surface area contributed by atoms with Crippen LogP contribution >= 0.6 is 11.6 Å². The van der Waals surface area contributed by atoms with Crippen molar-refractivity contribution >= 4 is 27.1 Å². The quantitative estimate of drug-likeness (QED) is 0.746. The van der Waals surface area contributed by atoms with Crippen LogP contribution in [0.4, 0.5) is 5.69 Å². The van der Waals surface area contributed by atoms with Gasteiger partial charge in [0.05, 0.1) is 17.6 Å². The van der Waals surface area contributed by atoms with Crippen molar-refractivity contribution in [2.45, 2.75) is 6.42 Å². The Morgan fingerprint density at radius 1 is 1.56 bits per heavy atom. The SMILES string of the molecule is CS(=O)(=O)CCCNc1cn[nH]c(=O)c1Cl. The third-order valence-electron chi connectivity index (χ3n) is 1.80. The minimum absolute atomic E-state index is 0.0226. The Hall–Kier alpha value is -1.08. The van der Waals surface area contributed by atoms with E-state index in [0.29, 0.717) is 18.7 Å². The van der Waals surface area contributed by atoms with Crippen molar-refractivity contribution in [2.75, 3.05) is 23.9 Å². The molecular formula is C8H12ClN3O3S. The van der Waals surface area contributed by atoms with Crippen LogP contribution in [0.3, 0.4) is 0 Å². The lowest BCUT2D eigenvalue weighted by atomic mass is 10.4. The maximum absolute atomic E-state index is 11.0. The van der Waals surface area contributed by atoms with Gasteiger partial charge in [0.15, 0.2) is 0 Å². The highest BCUT2D eigenvalue weighted by Crippen LogP contribution is 2.13. The van der Waals surface area contributed by atoms with Crippen LogP contribution in [0, 0.1) is 0 Å². The Balaban J connectivity index is 2.50. The summed E-state index contributed by atoms with van der Waals surface area (Å²) in [6, 6.07) is 0. The highest BCUT2D eigenvalue weighted by molar-refractivity contribution is 7.90. The lowest BCUT2D eigenvalue weighted by molar-refractivity contribution is 0.600. The summed E-state index contributed by atoms with van der Waals surface area (Å²) in [5.41, 5.74) is -0.0753. The van der Waals surface area contributed by atoms with Gasteiger partial charge in [-0.05, 0) is 6.42 Å². The average Bonchev–Trinajstić information content (AvgIpc) is 2.17. The number of aromatic nitrogens is 2. The first-order chi connectivity index (χ1) is 7.40. The number of rotatable bonds is 5. The molecule has 0 atom stereocenters. The molecule has 0 bridgehead atoms. The molecule has 1 aromatic heterocycles. The molecule has 90 valence electrons. The first-order valence-corrected chi connectivity index (χ1v) is 6.99. The highest BCUT2D eigenvalue weighted by Gasteiger charge is 2.05. The van der Waals surface area contributed by atoms with Crippen molar-refractivity contribution < 1.29 is 8.42 Å². The number of nitrogens with one attached hydrogen (secondary N) is 2. The zero-order chi connectivity index (χ0) is 12.2. The largest absolute Gasteiger partial charge is 0.382 e. The normalized spacial score (nSPS) is 11.4. The van der Waals surface area contributed by atoms with Gasteiger partial charge < -0.3 is 5.32 Å². The summed E-state index contributed by atoms with van der Waals surface area (Å²) >= 11 is 5.70.